The van der Waals surface area contributed by atoms with Gasteiger partial charge in [-0.25, -0.2) is 8.78 Å². The number of carbonyl (C=O) groups excluding carboxylic acids is 1. The Labute approximate surface area is 143 Å². The number of hydrogen-bond donors (Lipinski definition) is 0. The number of halogens is 2. The lowest BCUT2D eigenvalue weighted by molar-refractivity contribution is -0.114. The molecule has 0 atom stereocenters. The molecule has 0 heterocycles. The van der Waals surface area contributed by atoms with E-state index in [1.54, 1.807) is 6.07 Å². The molecule has 0 unspecified atom stereocenters. The lowest BCUT2D eigenvalue weighted by Crippen LogP contribution is -1.86. The first-order chi connectivity index (χ1) is 10.9. The van der Waals surface area contributed by atoms with Crippen molar-refractivity contribution in [1.29, 1.82) is 0 Å². The van der Waals surface area contributed by atoms with Gasteiger partial charge in [0.05, 0.1) is 0 Å². The smallest absolute Gasteiger partial charge is 0.159 e. The third-order valence-electron chi connectivity index (χ3n) is 2.10. The number of carbonyl (C=O) groups is 1. The summed E-state index contributed by atoms with van der Waals surface area (Å²) in [6.07, 6.45) is 4.81. The van der Waals surface area contributed by atoms with E-state index >= 15 is 0 Å². The molecular formula is C20H38F2O. The van der Waals surface area contributed by atoms with E-state index in [9.17, 15) is 13.6 Å². The summed E-state index contributed by atoms with van der Waals surface area (Å²) < 4.78 is 24.7. The first-order valence-corrected chi connectivity index (χ1v) is 8.79. The summed E-state index contributed by atoms with van der Waals surface area (Å²) in [5.74, 6) is -1.38. The highest BCUT2D eigenvalue weighted by Gasteiger charge is 1.99. The first-order valence-electron chi connectivity index (χ1n) is 8.79. The minimum absolute atomic E-state index is 0.167. The summed E-state index contributed by atoms with van der Waals surface area (Å²) >= 11 is 0. The molecule has 3 heteroatoms. The Balaban J connectivity index is -0.000000118. The molecular weight excluding hydrogens is 294 g/mol. The van der Waals surface area contributed by atoms with Gasteiger partial charge in [-0.15, -0.1) is 0 Å². The lowest BCUT2D eigenvalue weighted by atomic mass is 10.2. The Bertz CT molecular complexity index is 343. The second-order valence-corrected chi connectivity index (χ2v) is 4.36. The van der Waals surface area contributed by atoms with Gasteiger partial charge in [-0.2, -0.15) is 0 Å². The Morgan fingerprint density at radius 3 is 1.48 bits per heavy atom. The first kappa shape index (κ1) is 29.7. The Kier molecular flexibility index (Phi) is 33.2. The van der Waals surface area contributed by atoms with Crippen molar-refractivity contribution >= 4 is 5.78 Å². The number of unbranched alkanes of at least 4 members (excludes halogenated alkanes) is 2. The minimum atomic E-state index is -0.780. The number of aryl methyl sites for hydroxylation is 1. The molecule has 1 rings (SSSR count). The molecule has 0 saturated heterocycles. The lowest BCUT2D eigenvalue weighted by Gasteiger charge is -1.95. The predicted octanol–water partition coefficient (Wildman–Crippen LogP) is 7.37. The van der Waals surface area contributed by atoms with Gasteiger partial charge in [0.15, 0.2) is 11.6 Å². The highest BCUT2D eigenvalue weighted by molar-refractivity contribution is 5.72. The zero-order valence-electron chi connectivity index (χ0n) is 16.7. The van der Waals surface area contributed by atoms with E-state index in [0.29, 0.717) is 0 Å². The molecule has 0 fully saturated rings. The van der Waals surface area contributed by atoms with Crippen LogP contribution in [0.5, 0.6) is 0 Å². The molecule has 0 amide bonds. The fraction of sp³-hybridized carbons (Fsp3) is 0.650. The van der Waals surface area contributed by atoms with Crippen molar-refractivity contribution in [3.8, 4) is 0 Å². The molecule has 0 aliphatic heterocycles. The maximum Gasteiger partial charge on any atom is 0.159 e. The molecule has 0 radical (unpaired) electrons. The number of benzene rings is 1. The molecule has 0 aliphatic carbocycles. The van der Waals surface area contributed by atoms with Gasteiger partial charge in [0.1, 0.15) is 5.78 Å². The van der Waals surface area contributed by atoms with Crippen molar-refractivity contribution < 1.29 is 13.6 Å². The van der Waals surface area contributed by atoms with Crippen LogP contribution < -0.4 is 0 Å². The van der Waals surface area contributed by atoms with Crippen LogP contribution >= 0.6 is 0 Å². The zero-order valence-corrected chi connectivity index (χ0v) is 16.7. The van der Waals surface area contributed by atoms with Crippen LogP contribution in [0.3, 0.4) is 0 Å². The molecule has 1 aromatic carbocycles. The second-order valence-electron chi connectivity index (χ2n) is 4.36. The molecule has 0 saturated carbocycles. The fourth-order valence-corrected chi connectivity index (χ4v) is 1.11. The molecule has 138 valence electrons. The molecule has 0 N–H and O–H groups in total. The summed E-state index contributed by atoms with van der Waals surface area (Å²) in [5, 5.41) is 0. The van der Waals surface area contributed by atoms with E-state index in [2.05, 4.69) is 13.8 Å². The van der Waals surface area contributed by atoms with Gasteiger partial charge in [0, 0.05) is 0 Å². The zero-order chi connectivity index (χ0) is 19.3. The maximum absolute atomic E-state index is 12.4. The summed E-state index contributed by atoms with van der Waals surface area (Å²) in [6.45, 7) is 17.4. The summed E-state index contributed by atoms with van der Waals surface area (Å²) in [6, 6.07) is 3.95. The van der Waals surface area contributed by atoms with Crippen LogP contribution in [0.25, 0.3) is 0 Å². The molecule has 23 heavy (non-hydrogen) atoms. The molecule has 0 bridgehead atoms. The van der Waals surface area contributed by atoms with Gasteiger partial charge < -0.3 is 4.79 Å². The van der Waals surface area contributed by atoms with E-state index in [-0.39, 0.29) is 5.78 Å². The standard InChI is InChI=1S/C8H8F2.C5H12.C3H6O.2C2H6/c1-2-6-3-4-7(9)8(10)5-6;1-3-5-4-2;1-3(2)4;2*1-2/h3-5H,2H2,1H3;3-5H2,1-2H3;1-2H3;2*1-2H3. The number of ketones is 1. The van der Waals surface area contributed by atoms with E-state index in [4.69, 9.17) is 0 Å². The summed E-state index contributed by atoms with van der Waals surface area (Å²) in [5.41, 5.74) is 0.818. The molecule has 0 aliphatic rings. The van der Waals surface area contributed by atoms with Crippen LogP contribution in [-0.4, -0.2) is 5.78 Å². The number of hydrogen-bond acceptors (Lipinski definition) is 1. The number of rotatable bonds is 3. The van der Waals surface area contributed by atoms with Gasteiger partial charge in [-0.05, 0) is 38.0 Å². The molecule has 1 aromatic rings. The van der Waals surface area contributed by atoms with Crippen LogP contribution in [0.15, 0.2) is 18.2 Å². The maximum atomic E-state index is 12.4. The normalized spacial score (nSPS) is 7.78. The summed E-state index contributed by atoms with van der Waals surface area (Å²) in [7, 11) is 0. The minimum Gasteiger partial charge on any atom is -0.300 e. The van der Waals surface area contributed by atoms with Crippen LogP contribution in [0.2, 0.25) is 0 Å². The van der Waals surface area contributed by atoms with Crippen molar-refractivity contribution in [1.82, 2.24) is 0 Å². The van der Waals surface area contributed by atoms with Crippen molar-refractivity contribution in [2.24, 2.45) is 0 Å². The van der Waals surface area contributed by atoms with Gasteiger partial charge in [-0.3, -0.25) is 0 Å². The third kappa shape index (κ3) is 29.4. The third-order valence-corrected chi connectivity index (χ3v) is 2.10. The van der Waals surface area contributed by atoms with E-state index < -0.39 is 11.6 Å². The quantitative estimate of drug-likeness (QED) is 0.564. The molecule has 0 spiro atoms. The fourth-order valence-electron chi connectivity index (χ4n) is 1.11. The van der Waals surface area contributed by atoms with Crippen LogP contribution in [0.4, 0.5) is 8.78 Å². The van der Waals surface area contributed by atoms with Crippen molar-refractivity contribution in [3.63, 3.8) is 0 Å². The average Bonchev–Trinajstić information content (AvgIpc) is 2.55. The van der Waals surface area contributed by atoms with Gasteiger partial charge in [0.25, 0.3) is 0 Å². The van der Waals surface area contributed by atoms with Gasteiger partial charge in [0.2, 0.25) is 0 Å². The average molecular weight is 333 g/mol. The second kappa shape index (κ2) is 25.7. The Morgan fingerprint density at radius 2 is 1.26 bits per heavy atom. The van der Waals surface area contributed by atoms with E-state index in [1.807, 2.05) is 34.6 Å². The monoisotopic (exact) mass is 332 g/mol. The van der Waals surface area contributed by atoms with Crippen LogP contribution in [0.1, 0.15) is 87.1 Å². The largest absolute Gasteiger partial charge is 0.300 e. The SMILES string of the molecule is CC.CC.CC(C)=O.CCCCC.CCc1ccc(F)c(F)c1. The summed E-state index contributed by atoms with van der Waals surface area (Å²) in [4.78, 5) is 9.44. The van der Waals surface area contributed by atoms with Crippen molar-refractivity contribution in [3.05, 3.63) is 35.4 Å². The van der Waals surface area contributed by atoms with Crippen molar-refractivity contribution in [2.75, 3.05) is 0 Å². The van der Waals surface area contributed by atoms with Crippen LogP contribution in [0, 0.1) is 11.6 Å². The topological polar surface area (TPSA) is 17.1 Å². The Hall–Kier alpha value is -1.25. The highest BCUT2D eigenvalue weighted by Crippen LogP contribution is 2.08. The molecule has 0 aromatic heterocycles. The molecule has 1 nitrogen and oxygen atoms in total. The van der Waals surface area contributed by atoms with Crippen LogP contribution in [-0.2, 0) is 11.2 Å². The Morgan fingerprint density at radius 1 is 0.870 bits per heavy atom. The highest BCUT2D eigenvalue weighted by atomic mass is 19.2. The van der Waals surface area contributed by atoms with Gasteiger partial charge in [-0.1, -0.05) is 73.8 Å². The van der Waals surface area contributed by atoms with E-state index in [1.165, 1.54) is 39.2 Å². The predicted molar refractivity (Wildman–Crippen MR) is 100.0 cm³/mol. The van der Waals surface area contributed by atoms with Gasteiger partial charge >= 0.3 is 0 Å². The van der Waals surface area contributed by atoms with E-state index in [0.717, 1.165) is 18.1 Å². The number of Topliss-reactive ketones (excluding diaryl/α,β-unsaturated/α-hetero) is 1. The van der Waals surface area contributed by atoms with Crippen molar-refractivity contribution in [2.45, 2.75) is 88.0 Å².